The zero-order chi connectivity index (χ0) is 51.0. The molecule has 6 aromatic rings. The number of hydrogen-bond donors (Lipinski definition) is 0. The van der Waals surface area contributed by atoms with Crippen LogP contribution in [0.3, 0.4) is 0 Å². The summed E-state index contributed by atoms with van der Waals surface area (Å²) in [4.78, 5) is 8.83. The second kappa shape index (κ2) is 14.4. The van der Waals surface area contributed by atoms with Gasteiger partial charge in [-0.25, -0.2) is 9.97 Å². The molecule has 0 saturated carbocycles. The molecule has 6 nitrogen and oxygen atoms in total. The van der Waals surface area contributed by atoms with Gasteiger partial charge in [-0.15, -0.1) is 0 Å². The molecule has 0 bridgehead atoms. The fourth-order valence-corrected chi connectivity index (χ4v) is 4.87. The Bertz CT molecular complexity index is 2830. The van der Waals surface area contributed by atoms with Crippen LogP contribution >= 0.6 is 23.2 Å². The van der Waals surface area contributed by atoms with E-state index in [1.165, 1.54) is 65.2 Å². The number of aromatic nitrogens is 4. The van der Waals surface area contributed by atoms with Gasteiger partial charge in [0.1, 0.15) is 11.6 Å². The first-order valence-corrected chi connectivity index (χ1v) is 14.7. The average Bonchev–Trinajstić information content (AvgIpc) is 3.86. The van der Waals surface area contributed by atoms with Crippen LogP contribution < -0.4 is 0 Å². The molecule has 0 atom stereocenters. The van der Waals surface area contributed by atoms with Crippen molar-refractivity contribution in [3.05, 3.63) is 130 Å². The standard InChI is InChI=1S/2C19H20ClN3/c2*20-16-9-7-15(8-10-16)13-23-18-6-2-1-5-17(18)21-19(23)14-22-11-3-4-12-22/h2*1-2,5-10H,3-4,11-14H2/i3D2,4D2,11D2,12D2,13D2,14D2;3D2,4D2,11D2,12D2,13D2. The predicted molar refractivity (Wildman–Crippen MR) is 190 cm³/mol. The van der Waals surface area contributed by atoms with E-state index >= 15 is 0 Å². The lowest BCUT2D eigenvalue weighted by Crippen LogP contribution is -2.21. The molecule has 0 unspecified atom stereocenters. The first-order valence-electron chi connectivity index (χ1n) is 24.9. The van der Waals surface area contributed by atoms with Crippen LogP contribution in [-0.2, 0) is 26.0 Å². The van der Waals surface area contributed by atoms with E-state index in [-0.39, 0.29) is 32.9 Å². The number of nitrogens with zero attached hydrogens (tertiary/aromatic N) is 6. The molecule has 2 fully saturated rings. The van der Waals surface area contributed by atoms with Gasteiger partial charge in [0.15, 0.2) is 0 Å². The van der Waals surface area contributed by atoms with Crippen molar-refractivity contribution in [3.8, 4) is 0 Å². The Hall–Kier alpha value is -3.68. The molecule has 0 aliphatic carbocycles. The van der Waals surface area contributed by atoms with Crippen LogP contribution in [-0.4, -0.2) is 54.9 Å². The molecule has 4 aromatic carbocycles. The van der Waals surface area contributed by atoms with Crippen LogP contribution in [0.2, 0.25) is 10.0 Å². The van der Waals surface area contributed by atoms with Crippen molar-refractivity contribution in [2.45, 2.75) is 51.5 Å². The molecule has 2 aliphatic rings. The molecule has 0 spiro atoms. The molecule has 0 radical (unpaired) electrons. The van der Waals surface area contributed by atoms with Crippen LogP contribution in [0.5, 0.6) is 0 Å². The van der Waals surface area contributed by atoms with Crippen LogP contribution in [0, 0.1) is 0 Å². The number of halogens is 2. The summed E-state index contributed by atoms with van der Waals surface area (Å²) in [6.45, 7) is -21.8. The molecule has 8 rings (SSSR count). The fourth-order valence-electron chi connectivity index (χ4n) is 4.62. The largest absolute Gasteiger partial charge is 0.322 e. The highest BCUT2D eigenvalue weighted by molar-refractivity contribution is 6.30. The number of imidazole rings is 2. The van der Waals surface area contributed by atoms with Gasteiger partial charge < -0.3 is 9.13 Å². The first kappa shape index (κ1) is 14.6. The van der Waals surface area contributed by atoms with Crippen molar-refractivity contribution in [2.24, 2.45) is 0 Å². The molecule has 236 valence electrons. The van der Waals surface area contributed by atoms with Crippen molar-refractivity contribution in [1.82, 2.24) is 28.9 Å². The molecule has 2 aromatic heterocycles. The van der Waals surface area contributed by atoms with E-state index in [1.807, 2.05) is 0 Å². The highest BCUT2D eigenvalue weighted by Gasteiger charge is 2.19. The lowest BCUT2D eigenvalue weighted by molar-refractivity contribution is 0.318. The number of fused-ring (bicyclic) bond motifs is 2. The normalized spacial score (nSPS) is 32.3. The minimum absolute atomic E-state index is 0.0419. The predicted octanol–water partition coefficient (Wildman–Crippen LogP) is 8.67. The van der Waals surface area contributed by atoms with Crippen LogP contribution in [0.4, 0.5) is 0 Å². The number of benzene rings is 4. The van der Waals surface area contributed by atoms with Gasteiger partial charge in [-0.1, -0.05) is 71.7 Å². The van der Waals surface area contributed by atoms with Crippen LogP contribution in [0.1, 0.15) is 78.4 Å². The number of para-hydroxylation sites is 4. The van der Waals surface area contributed by atoms with Gasteiger partial charge in [0, 0.05) is 45.0 Å². The maximum absolute atomic E-state index is 8.85. The lowest BCUT2D eigenvalue weighted by atomic mass is 10.2. The van der Waals surface area contributed by atoms with Gasteiger partial charge in [0.2, 0.25) is 0 Å². The van der Waals surface area contributed by atoms with Gasteiger partial charge in [-0.05, 0) is 111 Å². The van der Waals surface area contributed by atoms with Gasteiger partial charge >= 0.3 is 0 Å². The van der Waals surface area contributed by atoms with E-state index < -0.39 is 83.3 Å². The minimum Gasteiger partial charge on any atom is -0.322 e. The summed E-state index contributed by atoms with van der Waals surface area (Å²) in [5, 5.41) is 0.742. The Morgan fingerprint density at radius 1 is 0.543 bits per heavy atom. The van der Waals surface area contributed by atoms with Crippen molar-refractivity contribution >= 4 is 45.3 Å². The summed E-state index contributed by atoms with van der Waals surface area (Å²) in [5.41, 5.74) is 1.22. The van der Waals surface area contributed by atoms with Crippen molar-refractivity contribution in [1.29, 1.82) is 0 Å². The van der Waals surface area contributed by atoms with E-state index in [1.54, 1.807) is 36.4 Å². The Kier molecular flexibility index (Phi) is 4.57. The maximum atomic E-state index is 8.85. The van der Waals surface area contributed by atoms with Crippen LogP contribution in [0.25, 0.3) is 22.1 Å². The number of rotatable bonds is 8. The summed E-state index contributed by atoms with van der Waals surface area (Å²) in [5.74, 6) is -0.850. The third kappa shape index (κ3) is 7.31. The molecular formula is C38H40Cl2N6. The second-order valence-electron chi connectivity index (χ2n) is 9.83. The van der Waals surface area contributed by atoms with E-state index in [0.29, 0.717) is 26.0 Å². The summed E-state index contributed by atoms with van der Waals surface area (Å²) in [6.07, 6.45) is -13.3. The third-order valence-electron chi connectivity index (χ3n) is 6.71. The smallest absolute Gasteiger partial charge is 0.124 e. The molecular weight excluding hydrogens is 611 g/mol. The number of likely N-dealkylation sites (tertiary alicyclic amines) is 2. The van der Waals surface area contributed by atoms with Gasteiger partial charge in [0.25, 0.3) is 0 Å². The van der Waals surface area contributed by atoms with Crippen molar-refractivity contribution < 1.29 is 30.2 Å². The summed E-state index contributed by atoms with van der Waals surface area (Å²) < 4.78 is 185. The quantitative estimate of drug-likeness (QED) is 0.162. The second-order valence-corrected chi connectivity index (χ2v) is 10.7. The molecule has 46 heavy (non-hydrogen) atoms. The van der Waals surface area contributed by atoms with E-state index in [9.17, 15) is 0 Å². The van der Waals surface area contributed by atoms with Crippen molar-refractivity contribution in [2.75, 3.05) is 26.0 Å². The summed E-state index contributed by atoms with van der Waals surface area (Å²) in [6, 6.07) is 24.3. The minimum atomic E-state index is -3.49. The lowest BCUT2D eigenvalue weighted by Gasteiger charge is -2.16. The Morgan fingerprint density at radius 3 is 1.50 bits per heavy atom. The summed E-state index contributed by atoms with van der Waals surface area (Å²) in [7, 11) is 0. The Morgan fingerprint density at radius 2 is 0.978 bits per heavy atom. The fraction of sp³-hybridized carbons (Fsp3) is 0.316. The first-order chi connectivity index (χ1) is 30.9. The molecule has 0 N–H and O–H groups in total. The zero-order valence-corrected chi connectivity index (χ0v) is 25.4. The summed E-state index contributed by atoms with van der Waals surface area (Å²) >= 11 is 11.9. The van der Waals surface area contributed by atoms with E-state index in [0.717, 1.165) is 4.57 Å². The topological polar surface area (TPSA) is 42.1 Å². The Balaban J connectivity index is 0.000000202. The van der Waals surface area contributed by atoms with Crippen molar-refractivity contribution in [3.63, 3.8) is 0 Å². The number of hydrogen-bond acceptors (Lipinski definition) is 4. The highest BCUT2D eigenvalue weighted by atomic mass is 35.5. The average molecular weight is 674 g/mol. The molecule has 2 aliphatic heterocycles. The van der Waals surface area contributed by atoms with Gasteiger partial charge in [0.05, 0.1) is 43.3 Å². The Labute approximate surface area is 312 Å². The van der Waals surface area contributed by atoms with Gasteiger partial charge in [-0.3, -0.25) is 9.80 Å². The zero-order valence-electron chi connectivity index (χ0n) is 45.9. The van der Waals surface area contributed by atoms with Gasteiger partial charge in [-0.2, -0.15) is 0 Å². The third-order valence-corrected chi connectivity index (χ3v) is 7.22. The molecule has 2 saturated heterocycles. The molecule has 8 heteroatoms. The maximum Gasteiger partial charge on any atom is 0.124 e. The SMILES string of the molecule is [2H]C([2H])(c1ccc(Cl)cc1)n1c(CN2C([2H])([2H])C([2H])([2H])C([2H])([2H])C2([2H])[2H])nc2ccccc21.[2H]C([2H])(c1nc2ccccc2n1C([2H])([2H])c1ccc(Cl)cc1)N1C([2H])([2H])C([2H])([2H])C([2H])([2H])C1([2H])[2H]. The molecule has 0 amide bonds. The van der Waals surface area contributed by atoms with E-state index in [4.69, 9.17) is 53.4 Å². The van der Waals surface area contributed by atoms with Crippen LogP contribution in [0.15, 0.2) is 97.1 Å². The molecule has 4 heterocycles. The van der Waals surface area contributed by atoms with E-state index in [2.05, 4.69) is 9.97 Å². The highest BCUT2D eigenvalue weighted by Crippen LogP contribution is 2.23. The monoisotopic (exact) mass is 672 g/mol.